The summed E-state index contributed by atoms with van der Waals surface area (Å²) < 4.78 is 0. The van der Waals surface area contributed by atoms with Crippen molar-refractivity contribution in [3.8, 4) is 0 Å². The normalized spacial score (nSPS) is 21.8. The highest BCUT2D eigenvalue weighted by molar-refractivity contribution is 5.93. The molecule has 0 fully saturated rings. The molecule has 0 saturated carbocycles. The third-order valence-corrected chi connectivity index (χ3v) is 6.13. The van der Waals surface area contributed by atoms with Crippen LogP contribution in [0.15, 0.2) is 60.7 Å². The Bertz CT molecular complexity index is 993. The van der Waals surface area contributed by atoms with E-state index in [0.29, 0.717) is 11.6 Å². The lowest BCUT2D eigenvalue weighted by molar-refractivity contribution is 0.0697. The van der Waals surface area contributed by atoms with Crippen molar-refractivity contribution in [3.63, 3.8) is 0 Å². The van der Waals surface area contributed by atoms with E-state index in [-0.39, 0.29) is 5.41 Å². The zero-order chi connectivity index (χ0) is 18.5. The zero-order valence-electron chi connectivity index (χ0n) is 15.4. The molecule has 0 bridgehead atoms. The van der Waals surface area contributed by atoms with Crippen molar-refractivity contribution in [2.45, 2.75) is 31.7 Å². The van der Waals surface area contributed by atoms with Gasteiger partial charge in [-0.3, -0.25) is 0 Å². The number of hydrogen-bond donors (Lipinski definition) is 1. The Morgan fingerprint density at radius 3 is 2.46 bits per heavy atom. The summed E-state index contributed by atoms with van der Waals surface area (Å²) in [4.78, 5) is 13.5. The Hall–Kier alpha value is -2.81. The maximum atomic E-state index is 11.1. The summed E-state index contributed by atoms with van der Waals surface area (Å²) in [5, 5.41) is 11.7. The van der Waals surface area contributed by atoms with Crippen molar-refractivity contribution >= 4 is 22.4 Å². The Morgan fingerprint density at radius 2 is 1.77 bits per heavy atom. The van der Waals surface area contributed by atoms with Crippen LogP contribution in [0, 0.1) is 0 Å². The average Bonchev–Trinajstić information content (AvgIpc) is 2.84. The lowest BCUT2D eigenvalue weighted by Gasteiger charge is -2.33. The van der Waals surface area contributed by atoms with Gasteiger partial charge in [-0.25, -0.2) is 4.79 Å². The summed E-state index contributed by atoms with van der Waals surface area (Å²) in [7, 11) is 2.16. The fraction of sp³-hybridized carbons (Fsp3) is 0.261. The number of rotatable bonds is 3. The van der Waals surface area contributed by atoms with E-state index in [9.17, 15) is 4.79 Å². The topological polar surface area (TPSA) is 40.5 Å². The molecule has 1 heterocycles. The van der Waals surface area contributed by atoms with Gasteiger partial charge in [0.15, 0.2) is 0 Å². The molecule has 1 aliphatic heterocycles. The van der Waals surface area contributed by atoms with Crippen LogP contribution in [-0.2, 0) is 11.8 Å². The molecule has 2 atom stereocenters. The molecular formula is C23H23NO2. The number of hydrogen-bond acceptors (Lipinski definition) is 2. The van der Waals surface area contributed by atoms with Gasteiger partial charge in [0.2, 0.25) is 0 Å². The molecule has 1 N–H and O–H groups in total. The predicted molar refractivity (Wildman–Crippen MR) is 106 cm³/mol. The molecule has 1 aliphatic rings. The number of carbonyl (C=O) groups is 1. The molecule has 26 heavy (non-hydrogen) atoms. The van der Waals surface area contributed by atoms with Crippen LogP contribution in [0.5, 0.6) is 0 Å². The van der Waals surface area contributed by atoms with Gasteiger partial charge in [-0.05, 0) is 53.4 Å². The summed E-state index contributed by atoms with van der Waals surface area (Å²) in [6.07, 6.45) is 0.874. The first-order valence-electron chi connectivity index (χ1n) is 8.99. The number of carboxylic acid groups (broad SMARTS) is 1. The van der Waals surface area contributed by atoms with Crippen molar-refractivity contribution in [2.24, 2.45) is 0 Å². The molecule has 2 unspecified atom stereocenters. The molecule has 0 amide bonds. The van der Waals surface area contributed by atoms with Crippen LogP contribution in [0.3, 0.4) is 0 Å². The zero-order valence-corrected chi connectivity index (χ0v) is 15.4. The molecule has 0 radical (unpaired) electrons. The first-order valence-corrected chi connectivity index (χ1v) is 8.99. The van der Waals surface area contributed by atoms with Gasteiger partial charge >= 0.3 is 5.97 Å². The molecule has 0 saturated heterocycles. The van der Waals surface area contributed by atoms with E-state index in [4.69, 9.17) is 5.11 Å². The second-order valence-electron chi connectivity index (χ2n) is 7.56. The lowest BCUT2D eigenvalue weighted by atomic mass is 9.73. The first kappa shape index (κ1) is 16.6. The van der Waals surface area contributed by atoms with Crippen molar-refractivity contribution in [1.82, 2.24) is 0 Å². The first-order chi connectivity index (χ1) is 12.4. The van der Waals surface area contributed by atoms with Gasteiger partial charge in [0.05, 0.1) is 5.56 Å². The number of likely N-dealkylation sites (N-methyl/N-ethyl adjacent to an activating group) is 1. The van der Waals surface area contributed by atoms with Gasteiger partial charge in [-0.15, -0.1) is 0 Å². The van der Waals surface area contributed by atoms with Gasteiger partial charge in [-0.1, -0.05) is 49.4 Å². The molecule has 3 aromatic carbocycles. The van der Waals surface area contributed by atoms with E-state index in [1.165, 1.54) is 27.6 Å². The molecule has 132 valence electrons. The van der Waals surface area contributed by atoms with Crippen LogP contribution >= 0.6 is 0 Å². The van der Waals surface area contributed by atoms with Crippen LogP contribution in [0.1, 0.15) is 35.3 Å². The highest BCUT2D eigenvalue weighted by Gasteiger charge is 2.44. The quantitative estimate of drug-likeness (QED) is 0.736. The Labute approximate surface area is 153 Å². The minimum absolute atomic E-state index is 0.0459. The monoisotopic (exact) mass is 345 g/mol. The van der Waals surface area contributed by atoms with Crippen LogP contribution < -0.4 is 4.90 Å². The average molecular weight is 345 g/mol. The summed E-state index contributed by atoms with van der Waals surface area (Å²) in [5.41, 5.74) is 4.14. The second kappa shape index (κ2) is 5.87. The molecule has 4 rings (SSSR count). The Morgan fingerprint density at radius 1 is 1.08 bits per heavy atom. The van der Waals surface area contributed by atoms with Crippen LogP contribution in [0.4, 0.5) is 5.69 Å². The van der Waals surface area contributed by atoms with Gasteiger partial charge in [-0.2, -0.15) is 0 Å². The van der Waals surface area contributed by atoms with E-state index >= 15 is 0 Å². The maximum Gasteiger partial charge on any atom is 0.335 e. The van der Waals surface area contributed by atoms with Gasteiger partial charge in [0.25, 0.3) is 0 Å². The fourth-order valence-corrected chi connectivity index (χ4v) is 4.42. The Balaban J connectivity index is 1.83. The van der Waals surface area contributed by atoms with Crippen molar-refractivity contribution < 1.29 is 9.90 Å². The number of benzene rings is 3. The molecular weight excluding hydrogens is 322 g/mol. The number of aromatic carboxylic acids is 1. The van der Waals surface area contributed by atoms with Crippen molar-refractivity contribution in [2.75, 3.05) is 11.9 Å². The van der Waals surface area contributed by atoms with Crippen LogP contribution in [0.2, 0.25) is 0 Å². The second-order valence-corrected chi connectivity index (χ2v) is 7.56. The molecule has 0 aliphatic carbocycles. The molecule has 0 spiro atoms. The third-order valence-electron chi connectivity index (χ3n) is 6.13. The van der Waals surface area contributed by atoms with Crippen molar-refractivity contribution in [3.05, 3.63) is 77.4 Å². The molecule has 3 aromatic rings. The van der Waals surface area contributed by atoms with Crippen molar-refractivity contribution in [1.29, 1.82) is 0 Å². The highest BCUT2D eigenvalue weighted by Crippen LogP contribution is 2.49. The Kier molecular flexibility index (Phi) is 3.76. The predicted octanol–water partition coefficient (Wildman–Crippen LogP) is 4.88. The van der Waals surface area contributed by atoms with E-state index in [1.807, 2.05) is 12.1 Å². The van der Waals surface area contributed by atoms with E-state index < -0.39 is 5.97 Å². The molecule has 0 aromatic heterocycles. The van der Waals surface area contributed by atoms with E-state index in [2.05, 4.69) is 62.2 Å². The summed E-state index contributed by atoms with van der Waals surface area (Å²) in [5.74, 6) is -0.881. The molecule has 3 heteroatoms. The fourth-order valence-electron chi connectivity index (χ4n) is 4.42. The standard InChI is InChI=1S/C23H23NO2/c1-15-23(2,14-16-8-10-18(11-9-16)22(25)26)21-19-7-5-4-6-17(19)12-13-20(21)24(15)3/h4-13,15H,14H2,1-3H3,(H,25,26). The number of anilines is 1. The third kappa shape index (κ3) is 2.38. The molecule has 3 nitrogen and oxygen atoms in total. The van der Waals surface area contributed by atoms with Gasteiger partial charge < -0.3 is 10.0 Å². The number of carboxylic acids is 1. The van der Waals surface area contributed by atoms with Crippen LogP contribution in [0.25, 0.3) is 10.8 Å². The smallest absolute Gasteiger partial charge is 0.335 e. The van der Waals surface area contributed by atoms with E-state index in [0.717, 1.165) is 6.42 Å². The van der Waals surface area contributed by atoms with Gasteiger partial charge in [0, 0.05) is 24.2 Å². The number of nitrogens with zero attached hydrogens (tertiary/aromatic N) is 1. The summed E-state index contributed by atoms with van der Waals surface area (Å²) >= 11 is 0. The minimum atomic E-state index is -0.881. The van der Waals surface area contributed by atoms with Gasteiger partial charge in [0.1, 0.15) is 0 Å². The lowest BCUT2D eigenvalue weighted by Crippen LogP contribution is -2.40. The summed E-state index contributed by atoms with van der Waals surface area (Å²) in [6.45, 7) is 4.61. The summed E-state index contributed by atoms with van der Waals surface area (Å²) in [6, 6.07) is 20.6. The minimum Gasteiger partial charge on any atom is -0.478 e. The van der Waals surface area contributed by atoms with E-state index in [1.54, 1.807) is 12.1 Å². The van der Waals surface area contributed by atoms with Crippen LogP contribution in [-0.4, -0.2) is 24.2 Å². The highest BCUT2D eigenvalue weighted by atomic mass is 16.4. The number of fused-ring (bicyclic) bond motifs is 3. The largest absolute Gasteiger partial charge is 0.478 e. The maximum absolute atomic E-state index is 11.1. The SMILES string of the molecule is CC1N(C)c2ccc3ccccc3c2C1(C)Cc1ccc(C(=O)O)cc1.